The van der Waals surface area contributed by atoms with Crippen LogP contribution in [0, 0.1) is 13.8 Å². The van der Waals surface area contributed by atoms with Crippen molar-refractivity contribution in [2.45, 2.75) is 64.1 Å². The molecule has 1 heterocycles. The van der Waals surface area contributed by atoms with Gasteiger partial charge in [-0.15, -0.1) is 0 Å². The third kappa shape index (κ3) is 4.98. The number of carbonyl (C=O) groups is 2. The van der Waals surface area contributed by atoms with E-state index in [2.05, 4.69) is 5.32 Å². The van der Waals surface area contributed by atoms with Crippen LogP contribution < -0.4 is 5.32 Å². The van der Waals surface area contributed by atoms with Gasteiger partial charge in [0.15, 0.2) is 0 Å². The van der Waals surface area contributed by atoms with E-state index < -0.39 is 7.26 Å². The van der Waals surface area contributed by atoms with Crippen molar-refractivity contribution in [3.05, 3.63) is 64.2 Å². The van der Waals surface area contributed by atoms with Gasteiger partial charge in [-0.2, -0.15) is 0 Å². The number of carbonyl (C=O) groups excluding carboxylic acids is 2. The second kappa shape index (κ2) is 10.2. The van der Waals surface area contributed by atoms with Gasteiger partial charge in [0.25, 0.3) is 0 Å². The monoisotopic (exact) mass is 487 g/mol. The number of anilines is 1. The summed E-state index contributed by atoms with van der Waals surface area (Å²) < 4.78 is 5.72. The summed E-state index contributed by atoms with van der Waals surface area (Å²) in [6, 6.07) is 13.6. The summed E-state index contributed by atoms with van der Waals surface area (Å²) in [4.78, 5) is 27.0. The molecule has 1 N–H and O–H groups in total. The van der Waals surface area contributed by atoms with Crippen molar-refractivity contribution >= 4 is 36.4 Å². The van der Waals surface area contributed by atoms with Crippen LogP contribution in [0.15, 0.2) is 42.5 Å². The van der Waals surface area contributed by atoms with Crippen LogP contribution in [0.1, 0.15) is 55.2 Å². The van der Waals surface area contributed by atoms with Gasteiger partial charge in [-0.25, -0.2) is 0 Å². The molecule has 0 radical (unpaired) electrons. The molecule has 1 amide bonds. The number of amides is 1. The molecular weight excluding hydrogens is 453 g/mol. The Hall–Kier alpha value is -1.90. The fourth-order valence-corrected chi connectivity index (χ4v) is 12.7. The number of ether oxygens (including phenoxy) is 1. The second-order valence-corrected chi connectivity index (χ2v) is 15.3. The summed E-state index contributed by atoms with van der Waals surface area (Å²) in [5, 5.41) is 3.59. The van der Waals surface area contributed by atoms with E-state index in [0.717, 1.165) is 66.8 Å². The van der Waals surface area contributed by atoms with Crippen molar-refractivity contribution in [2.75, 3.05) is 23.8 Å². The first-order chi connectivity index (χ1) is 15.9. The first-order valence-corrected chi connectivity index (χ1v) is 15.1. The van der Waals surface area contributed by atoms with Gasteiger partial charge in [-0.3, -0.25) is 0 Å². The fraction of sp³-hybridized carbons (Fsp3) is 0.481. The molecule has 2 aromatic rings. The zero-order chi connectivity index (χ0) is 23.5. The van der Waals surface area contributed by atoms with E-state index in [1.165, 1.54) is 6.42 Å². The topological polar surface area (TPSA) is 55.4 Å². The normalized spacial score (nSPS) is 19.7. The van der Waals surface area contributed by atoms with Gasteiger partial charge in [0.05, 0.1) is 0 Å². The van der Waals surface area contributed by atoms with E-state index in [1.54, 1.807) is 0 Å². The van der Waals surface area contributed by atoms with Crippen LogP contribution in [0.25, 0.3) is 0 Å². The van der Waals surface area contributed by atoms with Crippen molar-refractivity contribution in [1.82, 2.24) is 0 Å². The van der Waals surface area contributed by atoms with Crippen LogP contribution in [-0.4, -0.2) is 35.5 Å². The molecule has 4 rings (SSSR count). The SMILES string of the molecule is Cc1cc(Cl)cc(C)c1NC(=O)C1([PH]2(CC(=O)OCc3ccccc3)CCCCC2)CCC1. The zero-order valence-corrected chi connectivity index (χ0v) is 21.5. The Balaban J connectivity index is 1.55. The summed E-state index contributed by atoms with van der Waals surface area (Å²) in [6.45, 7) is 4.26. The number of rotatable bonds is 7. The standard InChI is InChI=1S/C27H35ClNO3P/c1-20-16-23(28)17-21(2)25(20)29-26(31)27(12-9-13-27)33(14-7-4-8-15-33)19-24(30)32-18-22-10-5-3-6-11-22/h3,5-6,10-11,16-17,33H,4,7-9,12-15,18-19H2,1-2H3,(H,29,31). The summed E-state index contributed by atoms with van der Waals surface area (Å²) >= 11 is 6.21. The Labute approximate surface area is 202 Å². The molecule has 0 spiro atoms. The Bertz CT molecular complexity index is 990. The van der Waals surface area contributed by atoms with E-state index in [4.69, 9.17) is 16.3 Å². The van der Waals surface area contributed by atoms with Gasteiger partial charge in [0, 0.05) is 0 Å². The third-order valence-electron chi connectivity index (χ3n) is 7.93. The molecule has 2 aromatic carbocycles. The molecule has 0 bridgehead atoms. The summed E-state index contributed by atoms with van der Waals surface area (Å²) in [7, 11) is -2.23. The van der Waals surface area contributed by atoms with Gasteiger partial charge in [-0.1, -0.05) is 0 Å². The summed E-state index contributed by atoms with van der Waals surface area (Å²) in [5.74, 6) is -0.0166. The van der Waals surface area contributed by atoms with E-state index in [-0.39, 0.29) is 17.0 Å². The molecule has 2 fully saturated rings. The summed E-state index contributed by atoms with van der Waals surface area (Å²) in [5.41, 5.74) is 3.81. The predicted octanol–water partition coefficient (Wildman–Crippen LogP) is 6.50. The van der Waals surface area contributed by atoms with Crippen LogP contribution in [0.4, 0.5) is 5.69 Å². The molecule has 178 valence electrons. The fourth-order valence-electron chi connectivity index (χ4n) is 5.99. The number of halogens is 1. The number of benzene rings is 2. The minimum absolute atomic E-state index is 0.117. The molecule has 4 nitrogen and oxygen atoms in total. The van der Waals surface area contributed by atoms with E-state index in [1.807, 2.05) is 56.3 Å². The number of nitrogens with one attached hydrogen (secondary N) is 1. The van der Waals surface area contributed by atoms with Crippen molar-refractivity contribution in [3.63, 3.8) is 0 Å². The summed E-state index contributed by atoms with van der Waals surface area (Å²) in [6.07, 6.45) is 8.80. The van der Waals surface area contributed by atoms with Gasteiger partial charge in [0.2, 0.25) is 0 Å². The number of hydrogen-bond donors (Lipinski definition) is 1. The molecule has 1 aliphatic heterocycles. The van der Waals surface area contributed by atoms with E-state index >= 15 is 0 Å². The molecular formula is C27H35ClNO3P. The third-order valence-corrected chi connectivity index (χ3v) is 14.5. The molecule has 1 saturated carbocycles. The maximum absolute atomic E-state index is 13.9. The maximum atomic E-state index is 13.9. The zero-order valence-electron chi connectivity index (χ0n) is 19.7. The van der Waals surface area contributed by atoms with E-state index in [0.29, 0.717) is 17.8 Å². The molecule has 0 atom stereocenters. The first-order valence-electron chi connectivity index (χ1n) is 12.1. The molecule has 2 aliphatic rings. The second-order valence-electron chi connectivity index (χ2n) is 9.97. The predicted molar refractivity (Wildman–Crippen MR) is 139 cm³/mol. The molecule has 6 heteroatoms. The Morgan fingerprint density at radius 1 is 1.00 bits per heavy atom. The van der Waals surface area contributed by atoms with Crippen molar-refractivity contribution in [3.8, 4) is 0 Å². The molecule has 0 unspecified atom stereocenters. The van der Waals surface area contributed by atoms with Gasteiger partial charge < -0.3 is 0 Å². The van der Waals surface area contributed by atoms with Crippen LogP contribution in [-0.2, 0) is 20.9 Å². The molecule has 33 heavy (non-hydrogen) atoms. The Morgan fingerprint density at radius 2 is 1.64 bits per heavy atom. The van der Waals surface area contributed by atoms with Crippen LogP contribution in [0.5, 0.6) is 0 Å². The molecule has 0 aromatic heterocycles. The van der Waals surface area contributed by atoms with Crippen molar-refractivity contribution in [1.29, 1.82) is 0 Å². The van der Waals surface area contributed by atoms with E-state index in [9.17, 15) is 9.59 Å². The minimum atomic E-state index is -2.23. The Morgan fingerprint density at radius 3 is 2.21 bits per heavy atom. The molecule has 1 saturated heterocycles. The van der Waals surface area contributed by atoms with Gasteiger partial charge in [-0.05, 0) is 0 Å². The quantitative estimate of drug-likeness (QED) is 0.358. The van der Waals surface area contributed by atoms with Crippen molar-refractivity contribution in [2.24, 2.45) is 0 Å². The van der Waals surface area contributed by atoms with Crippen LogP contribution >= 0.6 is 18.9 Å². The number of aryl methyl sites for hydroxylation is 2. The first kappa shape index (κ1) is 24.2. The van der Waals surface area contributed by atoms with Crippen LogP contribution in [0.3, 0.4) is 0 Å². The average molecular weight is 488 g/mol. The van der Waals surface area contributed by atoms with Gasteiger partial charge in [0.1, 0.15) is 0 Å². The molecule has 1 aliphatic carbocycles. The van der Waals surface area contributed by atoms with Gasteiger partial charge >= 0.3 is 203 Å². The number of hydrogen-bond acceptors (Lipinski definition) is 3. The number of esters is 1. The average Bonchev–Trinajstić information content (AvgIpc) is 2.75. The van der Waals surface area contributed by atoms with Crippen LogP contribution in [0.2, 0.25) is 5.02 Å². The van der Waals surface area contributed by atoms with Crippen molar-refractivity contribution < 1.29 is 14.3 Å². The Kier molecular flexibility index (Phi) is 7.46.